The molecule has 2 aromatic rings. The van der Waals surface area contributed by atoms with Crippen LogP contribution in [0.4, 0.5) is 11.6 Å². The maximum Gasteiger partial charge on any atom is 0.272 e. The van der Waals surface area contributed by atoms with Crippen molar-refractivity contribution in [1.82, 2.24) is 14.9 Å². The molecule has 27 heavy (non-hydrogen) atoms. The summed E-state index contributed by atoms with van der Waals surface area (Å²) in [7, 11) is 0. The number of hydrogen-bond acceptors (Lipinski definition) is 6. The number of benzene rings is 1. The number of nitrogens with one attached hydrogen (secondary N) is 1. The SMILES string of the molecule is CCCN(CCC)C(=O)c1cc(C)nc(Nc2ccc3c(c2)OCCO3)n1. The predicted molar refractivity (Wildman–Crippen MR) is 104 cm³/mol. The summed E-state index contributed by atoms with van der Waals surface area (Å²) < 4.78 is 11.1. The second kappa shape index (κ2) is 8.70. The lowest BCUT2D eigenvalue weighted by Gasteiger charge is -2.21. The molecule has 0 fully saturated rings. The average Bonchev–Trinajstić information content (AvgIpc) is 2.66. The molecule has 1 aromatic carbocycles. The molecule has 1 aliphatic rings. The van der Waals surface area contributed by atoms with E-state index in [1.165, 1.54) is 0 Å². The van der Waals surface area contributed by atoms with Gasteiger partial charge < -0.3 is 19.7 Å². The number of amides is 1. The Morgan fingerprint density at radius 2 is 1.78 bits per heavy atom. The molecule has 2 heterocycles. The zero-order valence-corrected chi connectivity index (χ0v) is 16.1. The van der Waals surface area contributed by atoms with Crippen molar-refractivity contribution in [2.45, 2.75) is 33.6 Å². The lowest BCUT2D eigenvalue weighted by atomic mass is 10.2. The Morgan fingerprint density at radius 1 is 1.07 bits per heavy atom. The van der Waals surface area contributed by atoms with Crippen LogP contribution in [0.3, 0.4) is 0 Å². The van der Waals surface area contributed by atoms with E-state index in [4.69, 9.17) is 9.47 Å². The summed E-state index contributed by atoms with van der Waals surface area (Å²) >= 11 is 0. The first kappa shape index (κ1) is 18.9. The fraction of sp³-hybridized carbons (Fsp3) is 0.450. The third-order valence-corrected chi connectivity index (χ3v) is 4.15. The first-order valence-corrected chi connectivity index (χ1v) is 9.42. The summed E-state index contributed by atoms with van der Waals surface area (Å²) in [6.45, 7) is 8.52. The minimum absolute atomic E-state index is 0.0607. The highest BCUT2D eigenvalue weighted by molar-refractivity contribution is 5.92. The zero-order valence-electron chi connectivity index (χ0n) is 16.1. The van der Waals surface area contributed by atoms with Gasteiger partial charge in [-0.05, 0) is 38.0 Å². The van der Waals surface area contributed by atoms with E-state index in [0.29, 0.717) is 30.6 Å². The number of carbonyl (C=O) groups excluding carboxylic acids is 1. The number of nitrogens with zero attached hydrogens (tertiary/aromatic N) is 3. The number of carbonyl (C=O) groups is 1. The van der Waals surface area contributed by atoms with Gasteiger partial charge in [0.2, 0.25) is 5.95 Å². The normalized spacial score (nSPS) is 12.6. The first-order valence-electron chi connectivity index (χ1n) is 9.42. The van der Waals surface area contributed by atoms with Crippen LogP contribution < -0.4 is 14.8 Å². The fourth-order valence-corrected chi connectivity index (χ4v) is 3.00. The zero-order chi connectivity index (χ0) is 19.2. The Kier molecular flexibility index (Phi) is 6.11. The Labute approximate surface area is 159 Å². The van der Waals surface area contributed by atoms with Gasteiger partial charge in [-0.1, -0.05) is 13.8 Å². The third-order valence-electron chi connectivity index (χ3n) is 4.15. The molecule has 7 heteroatoms. The molecule has 1 amide bonds. The highest BCUT2D eigenvalue weighted by Gasteiger charge is 2.18. The van der Waals surface area contributed by atoms with Crippen molar-refractivity contribution in [2.24, 2.45) is 0 Å². The molecule has 7 nitrogen and oxygen atoms in total. The minimum atomic E-state index is -0.0607. The number of anilines is 2. The topological polar surface area (TPSA) is 76.6 Å². The summed E-state index contributed by atoms with van der Waals surface area (Å²) in [5.41, 5.74) is 1.92. The van der Waals surface area contributed by atoms with E-state index in [9.17, 15) is 4.79 Å². The van der Waals surface area contributed by atoms with Crippen molar-refractivity contribution in [3.63, 3.8) is 0 Å². The molecule has 0 saturated heterocycles. The summed E-state index contributed by atoms with van der Waals surface area (Å²) in [5.74, 6) is 1.74. The molecule has 0 saturated carbocycles. The van der Waals surface area contributed by atoms with Gasteiger partial charge in [0.15, 0.2) is 11.5 Å². The van der Waals surface area contributed by atoms with Crippen molar-refractivity contribution in [2.75, 3.05) is 31.6 Å². The third kappa shape index (κ3) is 4.67. The molecule has 0 bridgehead atoms. The van der Waals surface area contributed by atoms with Crippen LogP contribution in [-0.4, -0.2) is 47.1 Å². The van der Waals surface area contributed by atoms with Crippen LogP contribution >= 0.6 is 0 Å². The quantitative estimate of drug-likeness (QED) is 0.803. The molecule has 1 N–H and O–H groups in total. The van der Waals surface area contributed by atoms with E-state index in [-0.39, 0.29) is 5.91 Å². The Balaban J connectivity index is 1.81. The number of hydrogen-bond donors (Lipinski definition) is 1. The highest BCUT2D eigenvalue weighted by Crippen LogP contribution is 2.33. The van der Waals surface area contributed by atoms with E-state index in [2.05, 4.69) is 29.1 Å². The van der Waals surface area contributed by atoms with Gasteiger partial charge in [-0.2, -0.15) is 0 Å². The van der Waals surface area contributed by atoms with Gasteiger partial charge in [0, 0.05) is 30.5 Å². The Hall–Kier alpha value is -2.83. The molecule has 1 aromatic heterocycles. The van der Waals surface area contributed by atoms with Gasteiger partial charge in [0.1, 0.15) is 18.9 Å². The van der Waals surface area contributed by atoms with Crippen LogP contribution in [-0.2, 0) is 0 Å². The molecular weight excluding hydrogens is 344 g/mol. The van der Waals surface area contributed by atoms with Crippen molar-refractivity contribution in [3.8, 4) is 11.5 Å². The summed E-state index contributed by atoms with van der Waals surface area (Å²) in [6.07, 6.45) is 1.83. The molecular formula is C20H26N4O3. The lowest BCUT2D eigenvalue weighted by Crippen LogP contribution is -2.33. The van der Waals surface area contributed by atoms with Crippen molar-refractivity contribution >= 4 is 17.5 Å². The fourth-order valence-electron chi connectivity index (χ4n) is 3.00. The van der Waals surface area contributed by atoms with E-state index >= 15 is 0 Å². The van der Waals surface area contributed by atoms with Gasteiger partial charge in [0.25, 0.3) is 5.91 Å². The molecule has 144 valence electrons. The van der Waals surface area contributed by atoms with Crippen molar-refractivity contribution in [1.29, 1.82) is 0 Å². The number of aromatic nitrogens is 2. The Bertz CT molecular complexity index is 804. The molecule has 0 unspecified atom stereocenters. The molecule has 1 aliphatic heterocycles. The molecule has 0 radical (unpaired) electrons. The maximum absolute atomic E-state index is 12.8. The average molecular weight is 370 g/mol. The van der Waals surface area contributed by atoms with Crippen LogP contribution in [0.2, 0.25) is 0 Å². The van der Waals surface area contributed by atoms with Crippen LogP contribution in [0.25, 0.3) is 0 Å². The van der Waals surface area contributed by atoms with Crippen molar-refractivity contribution < 1.29 is 14.3 Å². The highest BCUT2D eigenvalue weighted by atomic mass is 16.6. The Morgan fingerprint density at radius 3 is 2.48 bits per heavy atom. The van der Waals surface area contributed by atoms with Crippen molar-refractivity contribution in [3.05, 3.63) is 35.7 Å². The maximum atomic E-state index is 12.8. The van der Waals surface area contributed by atoms with E-state index in [0.717, 1.165) is 43.1 Å². The standard InChI is InChI=1S/C20H26N4O3/c1-4-8-24(9-5-2)19(25)16-12-14(3)21-20(23-16)22-15-6-7-17-18(13-15)27-11-10-26-17/h6-7,12-13H,4-5,8-11H2,1-3H3,(H,21,22,23). The van der Waals surface area contributed by atoms with Crippen LogP contribution in [0.15, 0.2) is 24.3 Å². The van der Waals surface area contributed by atoms with Crippen LogP contribution in [0.1, 0.15) is 42.9 Å². The van der Waals surface area contributed by atoms with E-state index in [1.807, 2.05) is 30.0 Å². The lowest BCUT2D eigenvalue weighted by molar-refractivity contribution is 0.0749. The van der Waals surface area contributed by atoms with Gasteiger partial charge >= 0.3 is 0 Å². The second-order valence-corrected chi connectivity index (χ2v) is 6.49. The van der Waals surface area contributed by atoms with Gasteiger partial charge in [-0.25, -0.2) is 9.97 Å². The summed E-state index contributed by atoms with van der Waals surface area (Å²) in [5, 5.41) is 3.16. The summed E-state index contributed by atoms with van der Waals surface area (Å²) in [4.78, 5) is 23.5. The monoisotopic (exact) mass is 370 g/mol. The number of fused-ring (bicyclic) bond motifs is 1. The smallest absolute Gasteiger partial charge is 0.272 e. The summed E-state index contributed by atoms with van der Waals surface area (Å²) in [6, 6.07) is 7.31. The van der Waals surface area contributed by atoms with E-state index in [1.54, 1.807) is 6.07 Å². The number of aryl methyl sites for hydroxylation is 1. The van der Waals surface area contributed by atoms with Gasteiger partial charge in [-0.3, -0.25) is 4.79 Å². The number of rotatable bonds is 7. The van der Waals surface area contributed by atoms with E-state index < -0.39 is 0 Å². The van der Waals surface area contributed by atoms with Crippen LogP contribution in [0.5, 0.6) is 11.5 Å². The first-order chi connectivity index (χ1) is 13.1. The van der Waals surface area contributed by atoms with Gasteiger partial charge in [-0.15, -0.1) is 0 Å². The molecule has 0 aliphatic carbocycles. The molecule has 0 atom stereocenters. The minimum Gasteiger partial charge on any atom is -0.486 e. The number of ether oxygens (including phenoxy) is 2. The predicted octanol–water partition coefficient (Wildman–Crippen LogP) is 3.56. The molecule has 0 spiro atoms. The van der Waals surface area contributed by atoms with Gasteiger partial charge in [0.05, 0.1) is 0 Å². The van der Waals surface area contributed by atoms with Crippen LogP contribution in [0, 0.1) is 6.92 Å². The largest absolute Gasteiger partial charge is 0.486 e. The molecule has 3 rings (SSSR count). The second-order valence-electron chi connectivity index (χ2n) is 6.49.